The maximum atomic E-state index is 4.18. The first-order valence-corrected chi connectivity index (χ1v) is 4.24. The summed E-state index contributed by atoms with van der Waals surface area (Å²) in [7, 11) is 0. The molecule has 0 bridgehead atoms. The molecule has 5 heteroatoms. The summed E-state index contributed by atoms with van der Waals surface area (Å²) in [6, 6.07) is 1.90. The molecule has 2 rings (SSSR count). The van der Waals surface area contributed by atoms with Crippen molar-refractivity contribution in [3.05, 3.63) is 24.0 Å². The summed E-state index contributed by atoms with van der Waals surface area (Å²) < 4.78 is 0. The Morgan fingerprint density at radius 1 is 1.54 bits per heavy atom. The zero-order chi connectivity index (χ0) is 9.10. The molecule has 68 valence electrons. The average molecular weight is 177 g/mol. The Labute approximate surface area is 76.5 Å². The second-order valence-electron chi connectivity index (χ2n) is 2.74. The number of nitrogens with one attached hydrogen (secondary N) is 1. The van der Waals surface area contributed by atoms with Crippen LogP contribution in [-0.2, 0) is 0 Å². The Bertz CT molecular complexity index is 308. The minimum absolute atomic E-state index is 0.772. The van der Waals surface area contributed by atoms with Crippen LogP contribution in [0.1, 0.15) is 12.5 Å². The van der Waals surface area contributed by atoms with Crippen LogP contribution in [-0.4, -0.2) is 34.1 Å². The fourth-order valence-electron chi connectivity index (χ4n) is 1.27. The van der Waals surface area contributed by atoms with E-state index < -0.39 is 0 Å². The molecule has 0 saturated carbocycles. The van der Waals surface area contributed by atoms with Gasteiger partial charge in [0.2, 0.25) is 0 Å². The molecule has 13 heavy (non-hydrogen) atoms. The Balaban J connectivity index is 2.26. The summed E-state index contributed by atoms with van der Waals surface area (Å²) in [5, 5.41) is 11.7. The van der Waals surface area contributed by atoms with E-state index in [2.05, 4.69) is 32.5 Å². The SMILES string of the molecule is CCN1CNN=C1c1ccnnc1. The van der Waals surface area contributed by atoms with Crippen molar-refractivity contribution in [3.63, 3.8) is 0 Å². The highest BCUT2D eigenvalue weighted by Gasteiger charge is 2.16. The molecule has 0 spiro atoms. The molecule has 0 radical (unpaired) electrons. The van der Waals surface area contributed by atoms with Crippen LogP contribution >= 0.6 is 0 Å². The third kappa shape index (κ3) is 1.44. The fraction of sp³-hybridized carbons (Fsp3) is 0.375. The van der Waals surface area contributed by atoms with Crippen molar-refractivity contribution < 1.29 is 0 Å². The number of hydrogen-bond donors (Lipinski definition) is 1. The first kappa shape index (κ1) is 7.97. The summed E-state index contributed by atoms with van der Waals surface area (Å²) in [6.45, 7) is 3.81. The number of hydrazone groups is 1. The van der Waals surface area contributed by atoms with Gasteiger partial charge in [-0.2, -0.15) is 15.3 Å². The van der Waals surface area contributed by atoms with Crippen LogP contribution in [0.15, 0.2) is 23.6 Å². The Morgan fingerprint density at radius 2 is 2.46 bits per heavy atom. The Kier molecular flexibility index (Phi) is 2.08. The van der Waals surface area contributed by atoms with Gasteiger partial charge >= 0.3 is 0 Å². The number of amidine groups is 1. The normalized spacial score (nSPS) is 15.5. The lowest BCUT2D eigenvalue weighted by Crippen LogP contribution is -2.29. The molecule has 0 aliphatic carbocycles. The summed E-state index contributed by atoms with van der Waals surface area (Å²) in [5.41, 5.74) is 3.94. The molecule has 0 atom stereocenters. The van der Waals surface area contributed by atoms with Crippen LogP contribution in [0.4, 0.5) is 0 Å². The van der Waals surface area contributed by atoms with Gasteiger partial charge in [-0.1, -0.05) is 0 Å². The van der Waals surface area contributed by atoms with Gasteiger partial charge in [-0.25, -0.2) is 0 Å². The van der Waals surface area contributed by atoms with Crippen molar-refractivity contribution in [2.75, 3.05) is 13.2 Å². The van der Waals surface area contributed by atoms with Gasteiger partial charge in [0, 0.05) is 12.1 Å². The lowest BCUT2D eigenvalue weighted by molar-refractivity contribution is 0.447. The predicted molar refractivity (Wildman–Crippen MR) is 49.0 cm³/mol. The Hall–Kier alpha value is -1.65. The molecule has 1 aromatic rings. The quantitative estimate of drug-likeness (QED) is 0.692. The largest absolute Gasteiger partial charge is 0.336 e. The van der Waals surface area contributed by atoms with Gasteiger partial charge in [0.15, 0.2) is 5.84 Å². The zero-order valence-corrected chi connectivity index (χ0v) is 7.44. The molecular formula is C8H11N5. The molecule has 0 amide bonds. The van der Waals surface area contributed by atoms with E-state index in [4.69, 9.17) is 0 Å². The number of rotatable bonds is 2. The molecular weight excluding hydrogens is 166 g/mol. The van der Waals surface area contributed by atoms with Crippen molar-refractivity contribution in [3.8, 4) is 0 Å². The number of hydrogen-bond acceptors (Lipinski definition) is 5. The molecule has 0 saturated heterocycles. The van der Waals surface area contributed by atoms with E-state index in [1.165, 1.54) is 0 Å². The predicted octanol–water partition coefficient (Wildman–Crippen LogP) is 0.0208. The molecule has 1 aliphatic rings. The molecule has 1 N–H and O–H groups in total. The number of nitrogens with zero attached hydrogens (tertiary/aromatic N) is 4. The third-order valence-electron chi connectivity index (χ3n) is 1.97. The molecule has 0 aromatic carbocycles. The summed E-state index contributed by atoms with van der Waals surface area (Å²) in [4.78, 5) is 2.14. The van der Waals surface area contributed by atoms with E-state index in [1.54, 1.807) is 12.4 Å². The molecule has 1 aromatic heterocycles. The van der Waals surface area contributed by atoms with Gasteiger partial charge in [0.05, 0.1) is 12.4 Å². The van der Waals surface area contributed by atoms with E-state index in [1.807, 2.05) is 6.07 Å². The van der Waals surface area contributed by atoms with Crippen LogP contribution in [0.25, 0.3) is 0 Å². The van der Waals surface area contributed by atoms with E-state index in [0.29, 0.717) is 0 Å². The van der Waals surface area contributed by atoms with E-state index in [0.717, 1.165) is 24.6 Å². The Morgan fingerprint density at radius 3 is 3.15 bits per heavy atom. The second-order valence-corrected chi connectivity index (χ2v) is 2.74. The third-order valence-corrected chi connectivity index (χ3v) is 1.97. The molecule has 0 fully saturated rings. The van der Waals surface area contributed by atoms with E-state index >= 15 is 0 Å². The van der Waals surface area contributed by atoms with E-state index in [9.17, 15) is 0 Å². The van der Waals surface area contributed by atoms with Gasteiger partial charge in [-0.05, 0) is 13.0 Å². The van der Waals surface area contributed by atoms with Crippen molar-refractivity contribution >= 4 is 5.84 Å². The highest BCUT2D eigenvalue weighted by Crippen LogP contribution is 2.06. The van der Waals surface area contributed by atoms with Gasteiger partial charge in [0.1, 0.15) is 6.67 Å². The van der Waals surface area contributed by atoms with Gasteiger partial charge in [0.25, 0.3) is 0 Å². The monoisotopic (exact) mass is 177 g/mol. The summed E-state index contributed by atoms with van der Waals surface area (Å²) >= 11 is 0. The topological polar surface area (TPSA) is 53.4 Å². The summed E-state index contributed by atoms with van der Waals surface area (Å²) in [6.07, 6.45) is 3.39. The van der Waals surface area contributed by atoms with E-state index in [-0.39, 0.29) is 0 Å². The highest BCUT2D eigenvalue weighted by atomic mass is 15.5. The second kappa shape index (κ2) is 3.38. The zero-order valence-electron chi connectivity index (χ0n) is 7.44. The standard InChI is InChI=1S/C8H11N5/c1-2-13-6-11-12-8(13)7-3-4-9-10-5-7/h3-5,11H,2,6H2,1H3. The van der Waals surface area contributed by atoms with Crippen molar-refractivity contribution in [2.45, 2.75) is 6.92 Å². The molecule has 1 aliphatic heterocycles. The van der Waals surface area contributed by atoms with Crippen LogP contribution in [0.5, 0.6) is 0 Å². The van der Waals surface area contributed by atoms with Crippen molar-refractivity contribution in [1.29, 1.82) is 0 Å². The summed E-state index contributed by atoms with van der Waals surface area (Å²) in [5.74, 6) is 0.942. The molecule has 5 nitrogen and oxygen atoms in total. The molecule has 0 unspecified atom stereocenters. The number of aromatic nitrogens is 2. The van der Waals surface area contributed by atoms with Crippen LogP contribution in [0.2, 0.25) is 0 Å². The van der Waals surface area contributed by atoms with Crippen molar-refractivity contribution in [2.24, 2.45) is 5.10 Å². The van der Waals surface area contributed by atoms with Crippen LogP contribution in [0, 0.1) is 0 Å². The van der Waals surface area contributed by atoms with Crippen LogP contribution in [0.3, 0.4) is 0 Å². The average Bonchev–Trinajstić information content (AvgIpc) is 2.67. The minimum atomic E-state index is 0.772. The lowest BCUT2D eigenvalue weighted by Gasteiger charge is -2.15. The van der Waals surface area contributed by atoms with Gasteiger partial charge < -0.3 is 4.90 Å². The first-order valence-electron chi connectivity index (χ1n) is 4.24. The maximum Gasteiger partial charge on any atom is 0.158 e. The highest BCUT2D eigenvalue weighted by molar-refractivity contribution is 5.98. The lowest BCUT2D eigenvalue weighted by atomic mass is 10.2. The molecule has 2 heterocycles. The smallest absolute Gasteiger partial charge is 0.158 e. The van der Waals surface area contributed by atoms with Gasteiger partial charge in [-0.3, -0.25) is 5.43 Å². The minimum Gasteiger partial charge on any atom is -0.336 e. The fourth-order valence-corrected chi connectivity index (χ4v) is 1.27. The maximum absolute atomic E-state index is 4.18. The first-order chi connectivity index (χ1) is 6.42. The van der Waals surface area contributed by atoms with Gasteiger partial charge in [-0.15, -0.1) is 0 Å². The van der Waals surface area contributed by atoms with Crippen molar-refractivity contribution in [1.82, 2.24) is 20.5 Å². The van der Waals surface area contributed by atoms with Crippen LogP contribution < -0.4 is 5.43 Å².